The molecule has 2 aromatic rings. The predicted octanol–water partition coefficient (Wildman–Crippen LogP) is 3.08. The quantitative estimate of drug-likeness (QED) is 0.388. The highest BCUT2D eigenvalue weighted by molar-refractivity contribution is 14.0. The first-order chi connectivity index (χ1) is 12.0. The molecule has 0 aliphatic heterocycles. The maximum atomic E-state index is 11.9. The van der Waals surface area contributed by atoms with Crippen LogP contribution >= 0.6 is 24.0 Å². The highest BCUT2D eigenvalue weighted by Gasteiger charge is 2.07. The number of aliphatic imine (C=N–C) groups is 1. The Hall–Kier alpha value is -2.13. The van der Waals surface area contributed by atoms with Crippen molar-refractivity contribution in [1.82, 2.24) is 4.90 Å². The summed E-state index contributed by atoms with van der Waals surface area (Å²) in [7, 11) is 5.11. The number of benzene rings is 2. The number of nitrogens with zero attached hydrogens (tertiary/aromatic N) is 2. The maximum absolute atomic E-state index is 11.9. The van der Waals surface area contributed by atoms with Crippen molar-refractivity contribution in [2.75, 3.05) is 26.5 Å². The molecular weight excluding hydrogens is 443 g/mol. The molecule has 0 aliphatic carbocycles. The number of carbonyl (C=O) groups is 1. The Morgan fingerprint density at radius 3 is 2.42 bits per heavy atom. The highest BCUT2D eigenvalue weighted by atomic mass is 127. The van der Waals surface area contributed by atoms with Gasteiger partial charge < -0.3 is 20.7 Å². The van der Waals surface area contributed by atoms with Gasteiger partial charge in [-0.15, -0.1) is 24.0 Å². The van der Waals surface area contributed by atoms with Gasteiger partial charge in [0.05, 0.1) is 13.2 Å². The number of carbonyl (C=O) groups excluding carboxylic acids is 1. The first-order valence-electron chi connectivity index (χ1n) is 7.95. The lowest BCUT2D eigenvalue weighted by Gasteiger charge is -2.11. The molecule has 0 radical (unpaired) electrons. The summed E-state index contributed by atoms with van der Waals surface area (Å²) in [6.45, 7) is 0.930. The van der Waals surface area contributed by atoms with E-state index in [0.29, 0.717) is 24.7 Å². The lowest BCUT2D eigenvalue weighted by atomic mass is 10.1. The van der Waals surface area contributed by atoms with Crippen LogP contribution in [0.15, 0.2) is 53.5 Å². The number of para-hydroxylation sites is 1. The van der Waals surface area contributed by atoms with E-state index in [0.717, 1.165) is 16.8 Å². The van der Waals surface area contributed by atoms with Gasteiger partial charge in [-0.3, -0.25) is 4.79 Å². The molecule has 2 aromatic carbocycles. The van der Waals surface area contributed by atoms with E-state index in [-0.39, 0.29) is 29.9 Å². The molecule has 0 fully saturated rings. The Bertz CT molecular complexity index is 745. The molecule has 6 nitrogen and oxygen atoms in total. The molecule has 0 heterocycles. The summed E-state index contributed by atoms with van der Waals surface area (Å²) in [5.41, 5.74) is 9.48. The van der Waals surface area contributed by atoms with Crippen LogP contribution in [0.5, 0.6) is 0 Å². The first kappa shape index (κ1) is 21.9. The van der Waals surface area contributed by atoms with E-state index in [9.17, 15) is 4.79 Å². The van der Waals surface area contributed by atoms with Crippen molar-refractivity contribution in [2.24, 2.45) is 10.7 Å². The summed E-state index contributed by atoms with van der Waals surface area (Å²) in [6.07, 6.45) is 0. The smallest absolute Gasteiger partial charge is 0.253 e. The van der Waals surface area contributed by atoms with Crippen molar-refractivity contribution < 1.29 is 9.53 Å². The molecule has 0 saturated carbocycles. The Morgan fingerprint density at radius 1 is 1.15 bits per heavy atom. The Balaban J connectivity index is 0.00000338. The van der Waals surface area contributed by atoms with Crippen molar-refractivity contribution in [3.8, 4) is 0 Å². The third-order valence-corrected chi connectivity index (χ3v) is 3.62. The molecule has 0 aliphatic rings. The van der Waals surface area contributed by atoms with E-state index in [4.69, 9.17) is 10.5 Å². The van der Waals surface area contributed by atoms with Crippen molar-refractivity contribution in [2.45, 2.75) is 13.2 Å². The highest BCUT2D eigenvalue weighted by Crippen LogP contribution is 2.15. The summed E-state index contributed by atoms with van der Waals surface area (Å²) < 4.78 is 5.18. The van der Waals surface area contributed by atoms with Crippen LogP contribution in [0.1, 0.15) is 21.5 Å². The number of hydrogen-bond donors (Lipinski definition) is 2. The van der Waals surface area contributed by atoms with Crippen molar-refractivity contribution >= 4 is 41.5 Å². The fourth-order valence-corrected chi connectivity index (χ4v) is 2.29. The van der Waals surface area contributed by atoms with Gasteiger partial charge in [0.15, 0.2) is 5.96 Å². The fourth-order valence-electron chi connectivity index (χ4n) is 2.29. The molecule has 0 atom stereocenters. The number of rotatable bonds is 6. The van der Waals surface area contributed by atoms with Gasteiger partial charge in [-0.25, -0.2) is 4.99 Å². The van der Waals surface area contributed by atoms with Gasteiger partial charge in [0.1, 0.15) is 0 Å². The minimum Gasteiger partial charge on any atom is -0.380 e. The molecular formula is C19H25IN4O2. The molecule has 0 bridgehead atoms. The summed E-state index contributed by atoms with van der Waals surface area (Å²) >= 11 is 0. The summed E-state index contributed by atoms with van der Waals surface area (Å²) in [6, 6.07) is 15.1. The molecule has 0 saturated heterocycles. The Labute approximate surface area is 171 Å². The monoisotopic (exact) mass is 468 g/mol. The molecule has 1 amide bonds. The Kier molecular flexibility index (Phi) is 9.08. The molecule has 26 heavy (non-hydrogen) atoms. The number of nitrogens with one attached hydrogen (secondary N) is 1. The molecule has 3 N–H and O–H groups in total. The summed E-state index contributed by atoms with van der Waals surface area (Å²) in [5, 5.41) is 3.10. The van der Waals surface area contributed by atoms with Crippen LogP contribution in [-0.2, 0) is 17.9 Å². The number of methoxy groups -OCH3 is 1. The Morgan fingerprint density at radius 2 is 1.81 bits per heavy atom. The lowest BCUT2D eigenvalue weighted by molar-refractivity contribution is 0.0827. The molecule has 2 rings (SSSR count). The van der Waals surface area contributed by atoms with E-state index in [1.54, 1.807) is 38.2 Å². The second-order valence-electron chi connectivity index (χ2n) is 5.81. The average molecular weight is 468 g/mol. The summed E-state index contributed by atoms with van der Waals surface area (Å²) in [5.74, 6) is 0.308. The number of ether oxygens (including phenoxy) is 1. The van der Waals surface area contributed by atoms with Crippen LogP contribution in [-0.4, -0.2) is 38.0 Å². The van der Waals surface area contributed by atoms with Crippen LogP contribution in [0.25, 0.3) is 0 Å². The van der Waals surface area contributed by atoms with Crippen LogP contribution in [0, 0.1) is 0 Å². The van der Waals surface area contributed by atoms with E-state index in [1.165, 1.54) is 0 Å². The van der Waals surface area contributed by atoms with Crippen LogP contribution in [0.3, 0.4) is 0 Å². The zero-order valence-electron chi connectivity index (χ0n) is 15.2. The van der Waals surface area contributed by atoms with Gasteiger partial charge in [-0.1, -0.05) is 30.3 Å². The topological polar surface area (TPSA) is 80.0 Å². The lowest BCUT2D eigenvalue weighted by Crippen LogP contribution is -2.23. The summed E-state index contributed by atoms with van der Waals surface area (Å²) in [4.78, 5) is 17.8. The second-order valence-corrected chi connectivity index (χ2v) is 5.81. The molecule has 7 heteroatoms. The van der Waals surface area contributed by atoms with E-state index in [2.05, 4.69) is 10.3 Å². The van der Waals surface area contributed by atoms with Gasteiger partial charge >= 0.3 is 0 Å². The normalized spacial score (nSPS) is 10.8. The second kappa shape index (κ2) is 10.8. The number of halogens is 1. The molecule has 0 aromatic heterocycles. The number of nitrogens with two attached hydrogens (primary N) is 1. The predicted molar refractivity (Wildman–Crippen MR) is 116 cm³/mol. The van der Waals surface area contributed by atoms with Gasteiger partial charge in [0.25, 0.3) is 5.91 Å². The van der Waals surface area contributed by atoms with E-state index < -0.39 is 0 Å². The number of anilines is 1. The van der Waals surface area contributed by atoms with Crippen molar-refractivity contribution in [3.63, 3.8) is 0 Å². The van der Waals surface area contributed by atoms with Gasteiger partial charge in [0, 0.05) is 38.0 Å². The fraction of sp³-hybridized carbons (Fsp3) is 0.263. The van der Waals surface area contributed by atoms with Gasteiger partial charge in [-0.2, -0.15) is 0 Å². The van der Waals surface area contributed by atoms with E-state index >= 15 is 0 Å². The molecule has 140 valence electrons. The SMILES string of the molecule is COCc1ccccc1NC(N)=NCc1ccc(C(=O)N(C)C)cc1.I. The number of amides is 1. The molecule has 0 unspecified atom stereocenters. The largest absolute Gasteiger partial charge is 0.380 e. The standard InChI is InChI=1S/C19H24N4O2.HI/c1-23(2)18(24)15-10-8-14(9-11-15)12-21-19(20)22-17-7-5-4-6-16(17)13-25-3;/h4-11H,12-13H2,1-3H3,(H3,20,21,22);1H. The zero-order valence-corrected chi connectivity index (χ0v) is 17.6. The first-order valence-corrected chi connectivity index (χ1v) is 7.95. The van der Waals surface area contributed by atoms with Crippen LogP contribution < -0.4 is 11.1 Å². The zero-order chi connectivity index (χ0) is 18.2. The third kappa shape index (κ3) is 6.30. The average Bonchev–Trinajstić information content (AvgIpc) is 2.61. The van der Waals surface area contributed by atoms with Crippen LogP contribution in [0.4, 0.5) is 5.69 Å². The third-order valence-electron chi connectivity index (χ3n) is 3.62. The minimum atomic E-state index is -0.0222. The van der Waals surface area contributed by atoms with Crippen molar-refractivity contribution in [3.05, 3.63) is 65.2 Å². The molecule has 0 spiro atoms. The number of guanidine groups is 1. The van der Waals surface area contributed by atoms with Gasteiger partial charge in [-0.05, 0) is 23.8 Å². The minimum absolute atomic E-state index is 0. The maximum Gasteiger partial charge on any atom is 0.253 e. The van der Waals surface area contributed by atoms with Crippen LogP contribution in [0.2, 0.25) is 0 Å². The van der Waals surface area contributed by atoms with Gasteiger partial charge in [0.2, 0.25) is 0 Å². The number of hydrogen-bond acceptors (Lipinski definition) is 3. The van der Waals surface area contributed by atoms with Crippen molar-refractivity contribution in [1.29, 1.82) is 0 Å². The van der Waals surface area contributed by atoms with E-state index in [1.807, 2.05) is 36.4 Å².